The molecule has 450 valence electrons. The maximum Gasteiger partial charge on any atom is 0.0999 e. The molecule has 84 heavy (non-hydrogen) atoms. The number of benzene rings is 4. The fourth-order valence-corrected chi connectivity index (χ4v) is 7.71. The molecule has 0 aliphatic heterocycles. The van der Waals surface area contributed by atoms with Crippen LogP contribution in [0.3, 0.4) is 0 Å². The molecular formula is C63H75N3O18. The Bertz CT molecular complexity index is 2470. The van der Waals surface area contributed by atoms with Crippen LogP contribution in [0.5, 0.6) is 0 Å². The second-order valence-corrected chi connectivity index (χ2v) is 17.7. The van der Waals surface area contributed by atoms with Crippen LogP contribution in [-0.2, 0) is 96.5 Å². The normalized spacial score (nSPS) is 10.8. The summed E-state index contributed by atoms with van der Waals surface area (Å²) in [6, 6.07) is 22.9. The van der Waals surface area contributed by atoms with Crippen molar-refractivity contribution in [3.8, 4) is 53.7 Å². The number of hydrogen-bond donors (Lipinski definition) is 6. The Morgan fingerprint density at radius 1 is 0.226 bits per heavy atom. The lowest BCUT2D eigenvalue weighted by atomic mass is 9.98. The molecule has 0 spiro atoms. The van der Waals surface area contributed by atoms with Crippen LogP contribution in [0.1, 0.15) is 83.5 Å². The van der Waals surface area contributed by atoms with E-state index in [2.05, 4.69) is 53.7 Å². The smallest absolute Gasteiger partial charge is 0.0999 e. The highest BCUT2D eigenvalue weighted by molar-refractivity contribution is 5.59. The summed E-state index contributed by atoms with van der Waals surface area (Å²) in [7, 11) is 0. The number of aliphatic hydroxyl groups is 6. The molecule has 0 aliphatic rings. The predicted octanol–water partition coefficient (Wildman–Crippen LogP) is 2.65. The zero-order valence-electron chi connectivity index (χ0n) is 47.3. The molecule has 0 bridgehead atoms. The lowest BCUT2D eigenvalue weighted by molar-refractivity contribution is 0.0259. The minimum absolute atomic E-state index is 0.0581. The van der Waals surface area contributed by atoms with E-state index in [9.17, 15) is 15.8 Å². The van der Waals surface area contributed by atoms with E-state index in [1.807, 2.05) is 0 Å². The van der Waals surface area contributed by atoms with Crippen LogP contribution >= 0.6 is 0 Å². The Morgan fingerprint density at radius 2 is 0.381 bits per heavy atom. The van der Waals surface area contributed by atoms with Crippen LogP contribution in [0.2, 0.25) is 0 Å². The van der Waals surface area contributed by atoms with Crippen molar-refractivity contribution in [2.24, 2.45) is 0 Å². The number of nitrogens with zero attached hydrogens (tertiary/aromatic N) is 3. The zero-order chi connectivity index (χ0) is 60.1. The van der Waals surface area contributed by atoms with E-state index in [0.717, 1.165) is 0 Å². The highest BCUT2D eigenvalue weighted by Crippen LogP contribution is 2.23. The summed E-state index contributed by atoms with van der Waals surface area (Å²) in [5, 5.41) is 85.7. The molecule has 0 unspecified atom stereocenters. The molecule has 4 aromatic carbocycles. The first-order valence-electron chi connectivity index (χ1n) is 27.3. The second kappa shape index (κ2) is 44.8. The molecule has 0 aliphatic carbocycles. The van der Waals surface area contributed by atoms with E-state index in [-0.39, 0.29) is 198 Å². The Morgan fingerprint density at radius 3 is 0.536 bits per heavy atom. The van der Waals surface area contributed by atoms with Gasteiger partial charge in [-0.15, -0.1) is 0 Å². The van der Waals surface area contributed by atoms with Crippen molar-refractivity contribution in [1.29, 1.82) is 15.8 Å². The highest BCUT2D eigenvalue weighted by atomic mass is 16.6. The quantitative estimate of drug-likeness (QED) is 0.0274. The molecule has 21 nitrogen and oxygen atoms in total. The molecule has 6 N–H and O–H groups in total. The maximum absolute atomic E-state index is 10.4. The van der Waals surface area contributed by atoms with Crippen LogP contribution in [-0.4, -0.2) is 189 Å². The lowest BCUT2D eigenvalue weighted by Gasteiger charge is -2.13. The summed E-state index contributed by atoms with van der Waals surface area (Å²) in [5.41, 5.74) is 7.71. The first-order chi connectivity index (χ1) is 41.3. The van der Waals surface area contributed by atoms with Crippen LogP contribution in [0.4, 0.5) is 0 Å². The van der Waals surface area contributed by atoms with Crippen molar-refractivity contribution in [3.63, 3.8) is 0 Å². The van der Waals surface area contributed by atoms with Gasteiger partial charge in [0.05, 0.1) is 233 Å². The third-order valence-electron chi connectivity index (χ3n) is 11.4. The summed E-state index contributed by atoms with van der Waals surface area (Å²) in [6.07, 6.45) is 0. The van der Waals surface area contributed by atoms with Gasteiger partial charge in [-0.3, -0.25) is 0 Å². The summed E-state index contributed by atoms with van der Waals surface area (Å²) in [4.78, 5) is 0. The van der Waals surface area contributed by atoms with Crippen LogP contribution in [0.15, 0.2) is 54.6 Å². The number of ether oxygens (including phenoxy) is 12. The van der Waals surface area contributed by atoms with Crippen LogP contribution < -0.4 is 0 Å². The number of hydrogen-bond acceptors (Lipinski definition) is 21. The molecule has 0 amide bonds. The second-order valence-electron chi connectivity index (χ2n) is 17.7. The Labute approximate surface area is 491 Å². The van der Waals surface area contributed by atoms with E-state index in [4.69, 9.17) is 87.5 Å². The Hall–Kier alpha value is -6.69. The molecule has 0 atom stereocenters. The molecule has 21 heteroatoms. The predicted molar refractivity (Wildman–Crippen MR) is 303 cm³/mol. The average molecular weight is 1160 g/mol. The van der Waals surface area contributed by atoms with Crippen molar-refractivity contribution >= 4 is 0 Å². The van der Waals surface area contributed by atoms with Gasteiger partial charge in [0.25, 0.3) is 0 Å². The van der Waals surface area contributed by atoms with Crippen LogP contribution in [0.25, 0.3) is 0 Å². The van der Waals surface area contributed by atoms with Gasteiger partial charge in [-0.2, -0.15) is 15.8 Å². The Kier molecular flexibility index (Phi) is 37.2. The SMILES string of the molecule is N#Cc1c(COCCOCCO)cc(C#Cc2cc(C#Cc3cc(COCCOCCO)c(C#N)c(COCCOCCO)c3)cc(C#Cc3cc(COCCOCCO)c(C#N)c(COCCOCCO)c3)c2)cc1COCCOCCO. The minimum atomic E-state index is -0.127. The van der Waals surface area contributed by atoms with Crippen LogP contribution in [0, 0.1) is 69.5 Å². The minimum Gasteiger partial charge on any atom is -0.394 e. The number of rotatable bonds is 42. The number of nitriles is 3. The van der Waals surface area contributed by atoms with Crippen molar-refractivity contribution in [2.45, 2.75) is 39.6 Å². The van der Waals surface area contributed by atoms with Crippen molar-refractivity contribution in [2.75, 3.05) is 159 Å². The van der Waals surface area contributed by atoms with E-state index in [1.54, 1.807) is 54.6 Å². The van der Waals surface area contributed by atoms with Gasteiger partial charge in [0.1, 0.15) is 0 Å². The molecule has 0 saturated heterocycles. The monoisotopic (exact) mass is 1160 g/mol. The number of aliphatic hydroxyl groups excluding tert-OH is 6. The topological polar surface area (TPSA) is 304 Å². The van der Waals surface area contributed by atoms with Gasteiger partial charge in [0.2, 0.25) is 0 Å². The summed E-state index contributed by atoms with van der Waals surface area (Å²) in [5.74, 6) is 19.6. The first kappa shape index (κ1) is 69.8. The first-order valence-corrected chi connectivity index (χ1v) is 27.3. The van der Waals surface area contributed by atoms with Crippen molar-refractivity contribution < 1.29 is 87.5 Å². The molecule has 0 heterocycles. The third kappa shape index (κ3) is 27.8. The molecule has 0 radical (unpaired) electrons. The summed E-state index contributed by atoms with van der Waals surface area (Å²) in [6.45, 7) is 3.21. The van der Waals surface area contributed by atoms with Gasteiger partial charge in [0, 0.05) is 33.4 Å². The fourth-order valence-electron chi connectivity index (χ4n) is 7.71. The fraction of sp³-hybridized carbons (Fsp3) is 0.476. The highest BCUT2D eigenvalue weighted by Gasteiger charge is 2.15. The molecule has 0 fully saturated rings. The molecule has 0 saturated carbocycles. The third-order valence-corrected chi connectivity index (χ3v) is 11.4. The Balaban J connectivity index is 1.88. The molecule has 4 rings (SSSR count). The van der Waals surface area contributed by atoms with Crippen molar-refractivity contribution in [3.05, 3.63) is 138 Å². The van der Waals surface area contributed by atoms with E-state index in [1.165, 1.54) is 0 Å². The maximum atomic E-state index is 10.4. The van der Waals surface area contributed by atoms with Gasteiger partial charge in [-0.25, -0.2) is 0 Å². The largest absolute Gasteiger partial charge is 0.394 e. The van der Waals surface area contributed by atoms with Gasteiger partial charge in [-0.05, 0) is 88.0 Å². The molecule has 0 aromatic heterocycles. The lowest BCUT2D eigenvalue weighted by Crippen LogP contribution is -2.10. The standard InChI is InChI=1S/C63H75N3O18/c64-40-61-55(43-79-25-19-73-13-7-67)34-52(35-56(61)44-80-26-20-74-14-8-68)4-1-49-31-50(2-5-53-36-57(45-81-27-21-75-15-9-69)62(41-65)58(37-53)46-82-28-22-76-16-10-70)33-51(32-49)3-6-54-38-59(47-83-29-23-77-17-11-71)63(42-66)60(39-54)48-84-30-24-78-18-12-72/h31-39,67-72H,7-30,43-48H2. The van der Waals surface area contributed by atoms with Gasteiger partial charge < -0.3 is 87.5 Å². The summed E-state index contributed by atoms with van der Waals surface area (Å²) >= 11 is 0. The molecular weight excluding hydrogens is 1090 g/mol. The van der Waals surface area contributed by atoms with E-state index in [0.29, 0.717) is 83.5 Å². The van der Waals surface area contributed by atoms with E-state index >= 15 is 0 Å². The summed E-state index contributed by atoms with van der Waals surface area (Å²) < 4.78 is 67.4. The van der Waals surface area contributed by atoms with Gasteiger partial charge >= 0.3 is 0 Å². The van der Waals surface area contributed by atoms with E-state index < -0.39 is 0 Å². The average Bonchev–Trinajstić information content (AvgIpc) is 3.53. The van der Waals surface area contributed by atoms with Crippen molar-refractivity contribution in [1.82, 2.24) is 0 Å². The zero-order valence-corrected chi connectivity index (χ0v) is 47.3. The van der Waals surface area contributed by atoms with Gasteiger partial charge in [-0.1, -0.05) is 35.5 Å². The molecule has 4 aromatic rings. The van der Waals surface area contributed by atoms with Gasteiger partial charge in [0.15, 0.2) is 0 Å².